The maximum absolute atomic E-state index is 14.1. The van der Waals surface area contributed by atoms with Gasteiger partial charge in [-0.3, -0.25) is 14.4 Å². The lowest BCUT2D eigenvalue weighted by molar-refractivity contribution is -0.144. The minimum absolute atomic E-state index is 0.257. The molecule has 1 aliphatic rings. The minimum Gasteiger partial charge on any atom is -0.361 e. The molecule has 0 spiro atoms. The molecule has 37 heavy (non-hydrogen) atoms. The molecule has 2 atom stereocenters. The number of amides is 3. The number of hydrogen-bond acceptors (Lipinski definition) is 4. The Labute approximate surface area is 214 Å². The number of H-pyrrole nitrogens is 1. The highest BCUT2D eigenvalue weighted by Gasteiger charge is 2.40. The number of aromatic amines is 1. The Morgan fingerprint density at radius 1 is 1.00 bits per heavy atom. The van der Waals surface area contributed by atoms with Gasteiger partial charge < -0.3 is 15.6 Å². The molecular formula is C29H27N5O3. The average Bonchev–Trinajstić information content (AvgIpc) is 3.32. The predicted molar refractivity (Wildman–Crippen MR) is 141 cm³/mol. The summed E-state index contributed by atoms with van der Waals surface area (Å²) < 4.78 is 0. The molecule has 186 valence electrons. The Morgan fingerprint density at radius 3 is 2.43 bits per heavy atom. The van der Waals surface area contributed by atoms with Crippen molar-refractivity contribution >= 4 is 34.5 Å². The molecule has 5 rings (SSSR count). The molecule has 0 aliphatic carbocycles. The van der Waals surface area contributed by atoms with Crippen LogP contribution in [0.3, 0.4) is 0 Å². The van der Waals surface area contributed by atoms with Crippen LogP contribution in [0, 0.1) is 6.92 Å². The number of rotatable bonds is 6. The standard InChI is InChI=1S/C29H27N5O3/c1-18-12-14-21(15-13-18)27-32-28(36)26(23-17-30-24-11-7-6-10-22(23)24)34(33-27)29(37)25(31-19(2)35)16-20-8-4-3-5-9-20/h3-15,17,25-26,30H,16H2,1-2H3,(H,31,35)(H,32,33,36)/t25-,26+/m1/s1. The lowest BCUT2D eigenvalue weighted by Crippen LogP contribution is -2.55. The normalized spacial score (nSPS) is 16.2. The van der Waals surface area contributed by atoms with Gasteiger partial charge >= 0.3 is 0 Å². The van der Waals surface area contributed by atoms with Gasteiger partial charge in [0.05, 0.1) is 0 Å². The zero-order valence-corrected chi connectivity index (χ0v) is 20.6. The van der Waals surface area contributed by atoms with Crippen molar-refractivity contribution in [1.82, 2.24) is 20.6 Å². The molecule has 1 aromatic heterocycles. The lowest BCUT2D eigenvalue weighted by Gasteiger charge is -2.34. The Hall–Kier alpha value is -4.72. The highest BCUT2D eigenvalue weighted by Crippen LogP contribution is 2.32. The summed E-state index contributed by atoms with van der Waals surface area (Å²) in [5.74, 6) is -0.934. The SMILES string of the molecule is CC(=O)N[C@H](Cc1ccccc1)C(=O)N1N=C(c2ccc(C)cc2)NC(=O)[C@@H]1c1c[nH]c2ccccc12. The van der Waals surface area contributed by atoms with E-state index in [1.807, 2.05) is 85.8 Å². The first-order valence-electron chi connectivity index (χ1n) is 12.1. The molecule has 8 heteroatoms. The maximum Gasteiger partial charge on any atom is 0.266 e. The van der Waals surface area contributed by atoms with Crippen LogP contribution in [-0.4, -0.2) is 39.6 Å². The first-order valence-corrected chi connectivity index (χ1v) is 12.1. The Bertz CT molecular complexity index is 1490. The zero-order chi connectivity index (χ0) is 25.9. The predicted octanol–water partition coefficient (Wildman–Crippen LogP) is 3.59. The van der Waals surface area contributed by atoms with Crippen molar-refractivity contribution < 1.29 is 14.4 Å². The van der Waals surface area contributed by atoms with E-state index < -0.39 is 18.0 Å². The first-order chi connectivity index (χ1) is 17.9. The third kappa shape index (κ3) is 4.99. The second-order valence-corrected chi connectivity index (χ2v) is 9.12. The van der Waals surface area contributed by atoms with Crippen molar-refractivity contribution in [2.45, 2.75) is 32.4 Å². The molecule has 0 saturated carbocycles. The molecule has 0 bridgehead atoms. The third-order valence-corrected chi connectivity index (χ3v) is 6.37. The number of hydrogen-bond donors (Lipinski definition) is 3. The summed E-state index contributed by atoms with van der Waals surface area (Å²) in [7, 11) is 0. The van der Waals surface area contributed by atoms with Gasteiger partial charge in [-0.2, -0.15) is 5.10 Å². The second kappa shape index (κ2) is 10.1. The highest BCUT2D eigenvalue weighted by molar-refractivity contribution is 6.12. The Kier molecular flexibility index (Phi) is 6.55. The summed E-state index contributed by atoms with van der Waals surface area (Å²) in [5.41, 5.74) is 4.07. The molecule has 2 heterocycles. The number of carbonyl (C=O) groups excluding carboxylic acids is 3. The molecule has 8 nitrogen and oxygen atoms in total. The second-order valence-electron chi connectivity index (χ2n) is 9.12. The van der Waals surface area contributed by atoms with Gasteiger partial charge in [-0.25, -0.2) is 5.01 Å². The van der Waals surface area contributed by atoms with E-state index in [1.54, 1.807) is 6.20 Å². The van der Waals surface area contributed by atoms with Gasteiger partial charge in [0, 0.05) is 41.6 Å². The summed E-state index contributed by atoms with van der Waals surface area (Å²) in [6.45, 7) is 3.34. The topological polar surface area (TPSA) is 107 Å². The van der Waals surface area contributed by atoms with Crippen molar-refractivity contribution in [2.24, 2.45) is 5.10 Å². The largest absolute Gasteiger partial charge is 0.361 e. The number of aromatic nitrogens is 1. The van der Waals surface area contributed by atoms with E-state index >= 15 is 0 Å². The van der Waals surface area contributed by atoms with Gasteiger partial charge in [-0.15, -0.1) is 0 Å². The number of aryl methyl sites for hydroxylation is 1. The number of nitrogens with one attached hydrogen (secondary N) is 3. The van der Waals surface area contributed by atoms with Crippen LogP contribution in [0.5, 0.6) is 0 Å². The summed E-state index contributed by atoms with van der Waals surface area (Å²) in [6, 6.07) is 22.6. The average molecular weight is 494 g/mol. The first kappa shape index (κ1) is 24.0. The van der Waals surface area contributed by atoms with E-state index in [0.29, 0.717) is 11.1 Å². The summed E-state index contributed by atoms with van der Waals surface area (Å²) in [5, 5.41) is 12.3. The van der Waals surface area contributed by atoms with Gasteiger partial charge in [0.2, 0.25) is 5.91 Å². The number of carbonyl (C=O) groups is 3. The van der Waals surface area contributed by atoms with E-state index in [4.69, 9.17) is 0 Å². The number of hydrazone groups is 1. The van der Waals surface area contributed by atoms with Gasteiger partial charge in [-0.05, 0) is 18.6 Å². The molecule has 0 fully saturated rings. The number of fused-ring (bicyclic) bond motifs is 1. The monoisotopic (exact) mass is 493 g/mol. The molecular weight excluding hydrogens is 466 g/mol. The molecule has 0 unspecified atom stereocenters. The highest BCUT2D eigenvalue weighted by atomic mass is 16.2. The zero-order valence-electron chi connectivity index (χ0n) is 20.6. The molecule has 0 saturated heterocycles. The molecule has 3 amide bonds. The Morgan fingerprint density at radius 2 is 1.70 bits per heavy atom. The van der Waals surface area contributed by atoms with Crippen molar-refractivity contribution in [3.63, 3.8) is 0 Å². The molecule has 3 N–H and O–H groups in total. The van der Waals surface area contributed by atoms with E-state index in [0.717, 1.165) is 22.0 Å². The Balaban J connectivity index is 1.60. The van der Waals surface area contributed by atoms with Crippen LogP contribution in [-0.2, 0) is 20.8 Å². The number of nitrogens with zero attached hydrogens (tertiary/aromatic N) is 2. The molecule has 0 radical (unpaired) electrons. The fourth-order valence-corrected chi connectivity index (χ4v) is 4.55. The van der Waals surface area contributed by atoms with Crippen molar-refractivity contribution in [3.8, 4) is 0 Å². The number of para-hydroxylation sites is 1. The molecule has 4 aromatic rings. The molecule has 1 aliphatic heterocycles. The summed E-state index contributed by atoms with van der Waals surface area (Å²) >= 11 is 0. The van der Waals surface area contributed by atoms with Crippen LogP contribution in [0.4, 0.5) is 0 Å². The van der Waals surface area contributed by atoms with Crippen LogP contribution < -0.4 is 10.6 Å². The van der Waals surface area contributed by atoms with Crippen LogP contribution in [0.1, 0.15) is 35.2 Å². The van der Waals surface area contributed by atoms with Crippen LogP contribution in [0.2, 0.25) is 0 Å². The number of amidine groups is 1. The smallest absolute Gasteiger partial charge is 0.266 e. The van der Waals surface area contributed by atoms with Gasteiger partial charge in [0.25, 0.3) is 11.8 Å². The van der Waals surface area contributed by atoms with E-state index in [-0.39, 0.29) is 24.1 Å². The van der Waals surface area contributed by atoms with Gasteiger partial charge in [-0.1, -0.05) is 78.4 Å². The minimum atomic E-state index is -1.02. The van der Waals surface area contributed by atoms with Crippen LogP contribution in [0.25, 0.3) is 10.9 Å². The van der Waals surface area contributed by atoms with Gasteiger partial charge in [0.1, 0.15) is 6.04 Å². The summed E-state index contributed by atoms with van der Waals surface area (Å²) in [4.78, 5) is 43.0. The van der Waals surface area contributed by atoms with Crippen molar-refractivity contribution in [2.75, 3.05) is 0 Å². The van der Waals surface area contributed by atoms with Crippen molar-refractivity contribution in [3.05, 3.63) is 107 Å². The maximum atomic E-state index is 14.1. The van der Waals surface area contributed by atoms with E-state index in [9.17, 15) is 14.4 Å². The number of benzene rings is 3. The van der Waals surface area contributed by atoms with E-state index in [1.165, 1.54) is 11.9 Å². The van der Waals surface area contributed by atoms with Gasteiger partial charge in [0.15, 0.2) is 11.9 Å². The van der Waals surface area contributed by atoms with E-state index in [2.05, 4.69) is 20.7 Å². The fourth-order valence-electron chi connectivity index (χ4n) is 4.55. The quantitative estimate of drug-likeness (QED) is 0.382. The van der Waals surface area contributed by atoms with Crippen LogP contribution >= 0.6 is 0 Å². The fraction of sp³-hybridized carbons (Fsp3) is 0.172. The molecule has 3 aromatic carbocycles. The van der Waals surface area contributed by atoms with Crippen molar-refractivity contribution in [1.29, 1.82) is 0 Å². The summed E-state index contributed by atoms with van der Waals surface area (Å²) in [6.07, 6.45) is 1.99. The third-order valence-electron chi connectivity index (χ3n) is 6.37. The lowest BCUT2D eigenvalue weighted by atomic mass is 10.0. The van der Waals surface area contributed by atoms with Crippen LogP contribution in [0.15, 0.2) is 90.2 Å².